The summed E-state index contributed by atoms with van der Waals surface area (Å²) in [5.74, 6) is 1.07. The molecule has 0 N–H and O–H groups in total. The summed E-state index contributed by atoms with van der Waals surface area (Å²) in [6.45, 7) is 1.42. The zero-order valence-corrected chi connectivity index (χ0v) is 17.6. The number of thioether (sulfide) groups is 1. The second kappa shape index (κ2) is 8.15. The molecule has 144 valence electrons. The van der Waals surface area contributed by atoms with Gasteiger partial charge in [-0.15, -0.1) is 10.2 Å². The molecule has 1 aromatic heterocycles. The maximum Gasteiger partial charge on any atom is 0.233 e. The summed E-state index contributed by atoms with van der Waals surface area (Å²) in [5.41, 5.74) is 3.31. The Morgan fingerprint density at radius 2 is 1.93 bits per heavy atom. The van der Waals surface area contributed by atoms with Crippen molar-refractivity contribution in [3.63, 3.8) is 0 Å². The summed E-state index contributed by atoms with van der Waals surface area (Å²) in [4.78, 5) is 14.6. The third-order valence-corrected chi connectivity index (χ3v) is 6.37. The van der Waals surface area contributed by atoms with Crippen LogP contribution in [0, 0.1) is 0 Å². The van der Waals surface area contributed by atoms with E-state index in [4.69, 9.17) is 23.2 Å². The summed E-state index contributed by atoms with van der Waals surface area (Å²) < 4.78 is 1.85. The lowest BCUT2D eigenvalue weighted by molar-refractivity contribution is -0.129. The molecule has 0 saturated carbocycles. The van der Waals surface area contributed by atoms with Crippen molar-refractivity contribution < 1.29 is 4.79 Å². The average Bonchev–Trinajstić information content (AvgIpc) is 3.06. The van der Waals surface area contributed by atoms with Crippen molar-refractivity contribution in [2.75, 3.05) is 12.3 Å². The normalized spacial score (nSPS) is 13.5. The Morgan fingerprint density at radius 1 is 1.14 bits per heavy atom. The van der Waals surface area contributed by atoms with E-state index >= 15 is 0 Å². The molecule has 0 atom stereocenters. The fraction of sp³-hybridized carbons (Fsp3) is 0.250. The van der Waals surface area contributed by atoms with Crippen molar-refractivity contribution in [2.45, 2.75) is 18.1 Å². The topological polar surface area (TPSA) is 51.0 Å². The first kappa shape index (κ1) is 19.3. The van der Waals surface area contributed by atoms with Gasteiger partial charge in [0.15, 0.2) is 11.0 Å². The molecule has 1 aliphatic rings. The van der Waals surface area contributed by atoms with Crippen molar-refractivity contribution in [3.8, 4) is 11.4 Å². The Kier molecular flexibility index (Phi) is 5.62. The van der Waals surface area contributed by atoms with Gasteiger partial charge >= 0.3 is 0 Å². The molecule has 0 spiro atoms. The van der Waals surface area contributed by atoms with Crippen LogP contribution >= 0.6 is 35.0 Å². The number of halogens is 2. The highest BCUT2D eigenvalue weighted by molar-refractivity contribution is 7.99. The van der Waals surface area contributed by atoms with Crippen LogP contribution in [0.3, 0.4) is 0 Å². The van der Waals surface area contributed by atoms with E-state index in [9.17, 15) is 4.79 Å². The number of hydrogen-bond acceptors (Lipinski definition) is 4. The van der Waals surface area contributed by atoms with Gasteiger partial charge < -0.3 is 9.47 Å². The molecule has 0 bridgehead atoms. The number of aromatic nitrogens is 3. The molecular weight excluding hydrogens is 415 g/mol. The van der Waals surface area contributed by atoms with Crippen molar-refractivity contribution >= 4 is 40.9 Å². The summed E-state index contributed by atoms with van der Waals surface area (Å²) >= 11 is 13.6. The molecule has 0 radical (unpaired) electrons. The quantitative estimate of drug-likeness (QED) is 0.570. The van der Waals surface area contributed by atoms with E-state index in [0.717, 1.165) is 18.5 Å². The highest BCUT2D eigenvalue weighted by Gasteiger charge is 2.21. The molecule has 5 nitrogen and oxygen atoms in total. The minimum atomic E-state index is 0.105. The van der Waals surface area contributed by atoms with E-state index in [1.165, 1.54) is 22.9 Å². The second-order valence-electron chi connectivity index (χ2n) is 6.61. The third kappa shape index (κ3) is 3.90. The fourth-order valence-corrected chi connectivity index (χ4v) is 4.58. The van der Waals surface area contributed by atoms with Crippen molar-refractivity contribution in [3.05, 3.63) is 63.6 Å². The van der Waals surface area contributed by atoms with Gasteiger partial charge in [-0.3, -0.25) is 4.79 Å². The lowest BCUT2D eigenvalue weighted by Crippen LogP contribution is -2.37. The molecular formula is C20H18Cl2N4OS. The number of nitrogens with zero attached hydrogens (tertiary/aromatic N) is 4. The molecule has 1 aliphatic heterocycles. The second-order valence-corrected chi connectivity index (χ2v) is 8.40. The molecule has 3 aromatic rings. The number of amides is 1. The first-order valence-corrected chi connectivity index (χ1v) is 10.6. The van der Waals surface area contributed by atoms with E-state index in [0.29, 0.717) is 33.3 Å². The van der Waals surface area contributed by atoms with Crippen LogP contribution in [0.1, 0.15) is 11.1 Å². The van der Waals surface area contributed by atoms with Crippen LogP contribution in [0.15, 0.2) is 47.6 Å². The summed E-state index contributed by atoms with van der Waals surface area (Å²) in [6, 6.07) is 13.6. The van der Waals surface area contributed by atoms with Crippen LogP contribution in [-0.2, 0) is 24.8 Å². The fourth-order valence-electron chi connectivity index (χ4n) is 3.27. The minimum absolute atomic E-state index is 0.105. The number of rotatable bonds is 4. The van der Waals surface area contributed by atoms with Crippen LogP contribution in [0.2, 0.25) is 10.0 Å². The van der Waals surface area contributed by atoms with E-state index < -0.39 is 0 Å². The van der Waals surface area contributed by atoms with Gasteiger partial charge in [0.05, 0.1) is 10.8 Å². The van der Waals surface area contributed by atoms with Gasteiger partial charge in [-0.05, 0) is 35.7 Å². The van der Waals surface area contributed by atoms with Crippen LogP contribution in [0.5, 0.6) is 0 Å². The first-order chi connectivity index (χ1) is 13.5. The Hall–Kier alpha value is -2.02. The first-order valence-electron chi connectivity index (χ1n) is 8.85. The number of carbonyl (C=O) groups is 1. The molecule has 1 amide bonds. The van der Waals surface area contributed by atoms with Crippen molar-refractivity contribution in [2.24, 2.45) is 7.05 Å². The van der Waals surface area contributed by atoms with Crippen LogP contribution in [0.25, 0.3) is 11.4 Å². The van der Waals surface area contributed by atoms with Crippen molar-refractivity contribution in [1.82, 2.24) is 19.7 Å². The Balaban J connectivity index is 1.43. The van der Waals surface area contributed by atoms with Crippen LogP contribution < -0.4 is 0 Å². The molecule has 0 unspecified atom stereocenters. The van der Waals surface area contributed by atoms with Gasteiger partial charge in [-0.25, -0.2) is 0 Å². The third-order valence-electron chi connectivity index (χ3n) is 4.82. The number of carbonyl (C=O) groups excluding carboxylic acids is 1. The van der Waals surface area contributed by atoms with E-state index in [-0.39, 0.29) is 5.91 Å². The average molecular weight is 433 g/mol. The van der Waals surface area contributed by atoms with E-state index in [2.05, 4.69) is 22.3 Å². The van der Waals surface area contributed by atoms with Gasteiger partial charge in [0.2, 0.25) is 5.91 Å². The molecule has 0 fully saturated rings. The number of fused-ring (bicyclic) bond motifs is 1. The highest BCUT2D eigenvalue weighted by Crippen LogP contribution is 2.31. The minimum Gasteiger partial charge on any atom is -0.337 e. The van der Waals surface area contributed by atoms with E-state index in [1.54, 1.807) is 12.1 Å². The maximum atomic E-state index is 12.7. The monoisotopic (exact) mass is 432 g/mol. The molecule has 0 saturated heterocycles. The van der Waals surface area contributed by atoms with Gasteiger partial charge in [0.1, 0.15) is 0 Å². The molecule has 2 heterocycles. The van der Waals surface area contributed by atoms with Crippen molar-refractivity contribution in [1.29, 1.82) is 0 Å². The van der Waals surface area contributed by atoms with Gasteiger partial charge in [-0.1, -0.05) is 59.2 Å². The standard InChI is InChI=1S/C20H18Cl2N4OS/c1-25-19(16-7-6-15(21)10-17(16)22)23-24-20(25)28-12-18(27)26-9-8-13-4-2-3-5-14(13)11-26/h2-7,10H,8-9,11-12H2,1H3. The maximum absolute atomic E-state index is 12.7. The largest absolute Gasteiger partial charge is 0.337 e. The SMILES string of the molecule is Cn1c(SCC(=O)N2CCc3ccccc3C2)nnc1-c1ccc(Cl)cc1Cl. The van der Waals surface area contributed by atoms with Gasteiger partial charge in [0.25, 0.3) is 0 Å². The molecule has 8 heteroatoms. The zero-order chi connectivity index (χ0) is 19.7. The Labute approximate surface area is 177 Å². The lowest BCUT2D eigenvalue weighted by atomic mass is 10.00. The molecule has 0 aliphatic carbocycles. The number of benzene rings is 2. The van der Waals surface area contributed by atoms with Gasteiger partial charge in [0, 0.05) is 30.7 Å². The molecule has 28 heavy (non-hydrogen) atoms. The van der Waals surface area contributed by atoms with Crippen LogP contribution in [-0.4, -0.2) is 37.9 Å². The molecule has 4 rings (SSSR count). The van der Waals surface area contributed by atoms with Crippen LogP contribution in [0.4, 0.5) is 0 Å². The number of hydrogen-bond donors (Lipinski definition) is 0. The summed E-state index contributed by atoms with van der Waals surface area (Å²) in [6.07, 6.45) is 0.899. The predicted octanol–water partition coefficient (Wildman–Crippen LogP) is 4.47. The van der Waals surface area contributed by atoms with E-state index in [1.807, 2.05) is 34.7 Å². The summed E-state index contributed by atoms with van der Waals surface area (Å²) in [7, 11) is 1.87. The summed E-state index contributed by atoms with van der Waals surface area (Å²) in [5, 5.41) is 10.2. The molecule has 2 aromatic carbocycles. The Morgan fingerprint density at radius 3 is 2.71 bits per heavy atom. The highest BCUT2D eigenvalue weighted by atomic mass is 35.5. The predicted molar refractivity (Wildman–Crippen MR) is 113 cm³/mol. The van der Waals surface area contributed by atoms with Gasteiger partial charge in [-0.2, -0.15) is 0 Å². The zero-order valence-electron chi connectivity index (χ0n) is 15.2. The Bertz CT molecular complexity index is 1040. The lowest BCUT2D eigenvalue weighted by Gasteiger charge is -2.28. The smallest absolute Gasteiger partial charge is 0.233 e.